The van der Waals surface area contributed by atoms with Gasteiger partial charge in [-0.3, -0.25) is 9.59 Å². The van der Waals surface area contributed by atoms with Crippen molar-refractivity contribution in [2.75, 3.05) is 11.9 Å². The molecule has 28 heavy (non-hydrogen) atoms. The highest BCUT2D eigenvalue weighted by atomic mass is 32.1. The van der Waals surface area contributed by atoms with Gasteiger partial charge in [0.2, 0.25) is 5.91 Å². The maximum Gasteiger partial charge on any atom is 0.264 e. The topological polar surface area (TPSA) is 58.6 Å². The van der Waals surface area contributed by atoms with Crippen LogP contribution in [0.25, 0.3) is 0 Å². The van der Waals surface area contributed by atoms with Crippen molar-refractivity contribution in [3.05, 3.63) is 77.0 Å². The Morgan fingerprint density at radius 3 is 2.61 bits per heavy atom. The van der Waals surface area contributed by atoms with Gasteiger partial charge in [0.25, 0.3) is 5.91 Å². The van der Waals surface area contributed by atoms with Crippen molar-refractivity contribution in [3.63, 3.8) is 0 Å². The van der Waals surface area contributed by atoms with E-state index in [2.05, 4.69) is 5.32 Å². The van der Waals surface area contributed by atoms with E-state index in [4.69, 9.17) is 4.74 Å². The number of ether oxygens (including phenoxy) is 1. The highest BCUT2D eigenvalue weighted by Gasteiger charge is 2.34. The summed E-state index contributed by atoms with van der Waals surface area (Å²) >= 11 is 1.40. The Balaban J connectivity index is 1.44. The SMILES string of the molecule is O=C(Nc1cccc(Oc2ccccc2)c1)[C@@H]1CCCN1C(=O)c1cccs1. The number of nitrogens with zero attached hydrogens (tertiary/aromatic N) is 1. The molecule has 6 heteroatoms. The number of anilines is 1. The average Bonchev–Trinajstić information content (AvgIpc) is 3.41. The lowest BCUT2D eigenvalue weighted by Crippen LogP contribution is -2.42. The van der Waals surface area contributed by atoms with E-state index in [1.165, 1.54) is 11.3 Å². The molecule has 2 amide bonds. The summed E-state index contributed by atoms with van der Waals surface area (Å²) in [7, 11) is 0. The van der Waals surface area contributed by atoms with Crippen molar-refractivity contribution >= 4 is 28.8 Å². The van der Waals surface area contributed by atoms with Gasteiger partial charge in [0.05, 0.1) is 4.88 Å². The van der Waals surface area contributed by atoms with Gasteiger partial charge in [0.15, 0.2) is 0 Å². The Labute approximate surface area is 167 Å². The first-order valence-corrected chi connectivity index (χ1v) is 10.1. The van der Waals surface area contributed by atoms with Crippen LogP contribution in [-0.4, -0.2) is 29.3 Å². The van der Waals surface area contributed by atoms with Crippen molar-refractivity contribution in [2.45, 2.75) is 18.9 Å². The van der Waals surface area contributed by atoms with Crippen LogP contribution in [0.15, 0.2) is 72.1 Å². The quantitative estimate of drug-likeness (QED) is 0.680. The monoisotopic (exact) mass is 392 g/mol. The number of thiophene rings is 1. The molecule has 5 nitrogen and oxygen atoms in total. The molecule has 3 aromatic rings. The molecule has 1 aliphatic heterocycles. The van der Waals surface area contributed by atoms with Crippen LogP contribution in [0.3, 0.4) is 0 Å². The number of rotatable bonds is 5. The van der Waals surface area contributed by atoms with Crippen LogP contribution < -0.4 is 10.1 Å². The summed E-state index contributed by atoms with van der Waals surface area (Å²) < 4.78 is 5.82. The molecule has 0 saturated carbocycles. The van der Waals surface area contributed by atoms with Gasteiger partial charge >= 0.3 is 0 Å². The molecule has 1 aromatic heterocycles. The number of benzene rings is 2. The van der Waals surface area contributed by atoms with Gasteiger partial charge in [-0.1, -0.05) is 30.3 Å². The van der Waals surface area contributed by atoms with E-state index < -0.39 is 6.04 Å². The van der Waals surface area contributed by atoms with Crippen LogP contribution in [0, 0.1) is 0 Å². The third kappa shape index (κ3) is 4.07. The van der Waals surface area contributed by atoms with Crippen molar-refractivity contribution < 1.29 is 14.3 Å². The van der Waals surface area contributed by atoms with Crippen LogP contribution in [0.4, 0.5) is 5.69 Å². The molecule has 0 unspecified atom stereocenters. The summed E-state index contributed by atoms with van der Waals surface area (Å²) in [5.41, 5.74) is 0.647. The number of para-hydroxylation sites is 1. The minimum Gasteiger partial charge on any atom is -0.457 e. The van der Waals surface area contributed by atoms with Crippen molar-refractivity contribution in [1.82, 2.24) is 4.90 Å². The zero-order valence-corrected chi connectivity index (χ0v) is 16.0. The summed E-state index contributed by atoms with van der Waals surface area (Å²) in [6.07, 6.45) is 1.50. The highest BCUT2D eigenvalue weighted by Crippen LogP contribution is 2.26. The molecule has 1 saturated heterocycles. The number of hydrogen-bond donors (Lipinski definition) is 1. The first kappa shape index (κ1) is 18.3. The molecular formula is C22H20N2O3S. The second-order valence-corrected chi connectivity index (χ2v) is 7.51. The third-order valence-corrected chi connectivity index (χ3v) is 5.49. The molecule has 142 valence electrons. The van der Waals surface area contributed by atoms with Crippen molar-refractivity contribution in [1.29, 1.82) is 0 Å². The van der Waals surface area contributed by atoms with Crippen molar-refractivity contribution in [3.8, 4) is 11.5 Å². The fourth-order valence-corrected chi connectivity index (χ4v) is 3.99. The number of nitrogens with one attached hydrogen (secondary N) is 1. The molecule has 0 radical (unpaired) electrons. The first-order valence-electron chi connectivity index (χ1n) is 9.19. The smallest absolute Gasteiger partial charge is 0.264 e. The predicted molar refractivity (Wildman–Crippen MR) is 110 cm³/mol. The number of amides is 2. The molecule has 0 spiro atoms. The molecule has 2 aromatic carbocycles. The Morgan fingerprint density at radius 1 is 1.00 bits per heavy atom. The van der Waals surface area contributed by atoms with Crippen LogP contribution in [-0.2, 0) is 4.79 Å². The van der Waals surface area contributed by atoms with Gasteiger partial charge in [-0.05, 0) is 48.6 Å². The number of carbonyl (C=O) groups excluding carboxylic acids is 2. The van der Waals surface area contributed by atoms with Crippen LogP contribution >= 0.6 is 11.3 Å². The summed E-state index contributed by atoms with van der Waals surface area (Å²) in [5.74, 6) is 1.13. The zero-order valence-electron chi connectivity index (χ0n) is 15.2. The molecule has 1 atom stereocenters. The van der Waals surface area contributed by atoms with E-state index in [1.54, 1.807) is 17.0 Å². The first-order chi connectivity index (χ1) is 13.7. The molecule has 1 fully saturated rings. The van der Waals surface area contributed by atoms with Gasteiger partial charge in [-0.15, -0.1) is 11.3 Å². The zero-order chi connectivity index (χ0) is 19.3. The van der Waals surface area contributed by atoms with E-state index in [-0.39, 0.29) is 11.8 Å². The van der Waals surface area contributed by atoms with E-state index >= 15 is 0 Å². The van der Waals surface area contributed by atoms with Crippen LogP contribution in [0.1, 0.15) is 22.5 Å². The summed E-state index contributed by atoms with van der Waals surface area (Å²) in [5, 5.41) is 4.80. The maximum absolute atomic E-state index is 12.8. The fourth-order valence-electron chi connectivity index (χ4n) is 3.31. The number of carbonyl (C=O) groups is 2. The van der Waals surface area contributed by atoms with Crippen LogP contribution in [0.5, 0.6) is 11.5 Å². The maximum atomic E-state index is 12.8. The van der Waals surface area contributed by atoms with E-state index in [0.29, 0.717) is 29.3 Å². The normalized spacial score (nSPS) is 16.0. The molecule has 1 N–H and O–H groups in total. The summed E-state index contributed by atoms with van der Waals surface area (Å²) in [6, 6.07) is 19.9. The Morgan fingerprint density at radius 2 is 1.82 bits per heavy atom. The lowest BCUT2D eigenvalue weighted by Gasteiger charge is -2.23. The third-order valence-electron chi connectivity index (χ3n) is 4.63. The minimum absolute atomic E-state index is 0.0752. The summed E-state index contributed by atoms with van der Waals surface area (Å²) in [4.78, 5) is 27.8. The highest BCUT2D eigenvalue weighted by molar-refractivity contribution is 7.12. The van der Waals surface area contributed by atoms with Gasteiger partial charge in [0, 0.05) is 18.3 Å². The molecule has 2 heterocycles. The second-order valence-electron chi connectivity index (χ2n) is 6.57. The largest absolute Gasteiger partial charge is 0.457 e. The van der Waals surface area contributed by atoms with Gasteiger partial charge in [0.1, 0.15) is 17.5 Å². The second kappa shape index (κ2) is 8.27. The molecule has 4 rings (SSSR count). The Kier molecular flexibility index (Phi) is 5.39. The standard InChI is InChI=1S/C22H20N2O3S/c25-21(19-11-5-13-24(19)22(26)20-12-6-14-28-20)23-16-7-4-10-18(15-16)27-17-8-2-1-3-9-17/h1-4,6-10,12,14-15,19H,5,11,13H2,(H,23,25)/t19-/m0/s1. The summed E-state index contributed by atoms with van der Waals surface area (Å²) in [6.45, 7) is 0.603. The van der Waals surface area contributed by atoms with E-state index in [1.807, 2.05) is 60.0 Å². The molecular weight excluding hydrogens is 372 g/mol. The lowest BCUT2D eigenvalue weighted by molar-refractivity contribution is -0.119. The predicted octanol–water partition coefficient (Wildman–Crippen LogP) is 4.78. The number of likely N-dealkylation sites (tertiary alicyclic amines) is 1. The van der Waals surface area contributed by atoms with E-state index in [0.717, 1.165) is 12.2 Å². The van der Waals surface area contributed by atoms with E-state index in [9.17, 15) is 9.59 Å². The van der Waals surface area contributed by atoms with Gasteiger partial charge in [-0.25, -0.2) is 0 Å². The fraction of sp³-hybridized carbons (Fsp3) is 0.182. The van der Waals surface area contributed by atoms with Crippen LogP contribution in [0.2, 0.25) is 0 Å². The minimum atomic E-state index is -0.451. The molecule has 0 aliphatic carbocycles. The number of hydrogen-bond acceptors (Lipinski definition) is 4. The average molecular weight is 392 g/mol. The van der Waals surface area contributed by atoms with Gasteiger partial charge in [-0.2, -0.15) is 0 Å². The molecule has 1 aliphatic rings. The Bertz CT molecular complexity index is 957. The Hall–Kier alpha value is -3.12. The lowest BCUT2D eigenvalue weighted by atomic mass is 10.2. The van der Waals surface area contributed by atoms with Crippen molar-refractivity contribution in [2.24, 2.45) is 0 Å². The molecule has 0 bridgehead atoms. The van der Waals surface area contributed by atoms with Gasteiger partial charge < -0.3 is 15.0 Å².